The Morgan fingerprint density at radius 2 is 2.04 bits per heavy atom. The molecule has 128 valence electrons. The Hall–Kier alpha value is -1.04. The number of carbonyl (C=O) groups is 1. The van der Waals surface area contributed by atoms with Crippen LogP contribution in [0.25, 0.3) is 0 Å². The Morgan fingerprint density at radius 3 is 2.74 bits per heavy atom. The molecular formula is C18H28N2O2S. The molecule has 1 N–H and O–H groups in total. The van der Waals surface area contributed by atoms with Gasteiger partial charge in [-0.15, -0.1) is 11.8 Å². The van der Waals surface area contributed by atoms with Crippen LogP contribution in [0.2, 0.25) is 0 Å². The van der Waals surface area contributed by atoms with Crippen LogP contribution in [0.1, 0.15) is 19.3 Å². The zero-order chi connectivity index (χ0) is 16.3. The van der Waals surface area contributed by atoms with Crippen LogP contribution < -0.4 is 5.32 Å². The molecule has 0 bridgehead atoms. The maximum Gasteiger partial charge on any atom is 0.220 e. The first-order chi connectivity index (χ1) is 11.3. The summed E-state index contributed by atoms with van der Waals surface area (Å²) in [4.78, 5) is 15.6. The van der Waals surface area contributed by atoms with Crippen molar-refractivity contribution in [2.75, 3.05) is 45.6 Å². The average Bonchev–Trinajstić information content (AvgIpc) is 2.60. The van der Waals surface area contributed by atoms with E-state index in [1.807, 2.05) is 18.2 Å². The first-order valence-corrected chi connectivity index (χ1v) is 9.42. The van der Waals surface area contributed by atoms with Crippen molar-refractivity contribution in [3.05, 3.63) is 30.3 Å². The van der Waals surface area contributed by atoms with Gasteiger partial charge in [0, 0.05) is 37.3 Å². The van der Waals surface area contributed by atoms with Crippen molar-refractivity contribution in [2.24, 2.45) is 5.92 Å². The fourth-order valence-electron chi connectivity index (χ4n) is 2.76. The lowest BCUT2D eigenvalue weighted by Gasteiger charge is -2.31. The number of rotatable bonds is 9. The highest BCUT2D eigenvalue weighted by atomic mass is 32.2. The number of likely N-dealkylation sites (tertiary alicyclic amines) is 1. The second kappa shape index (κ2) is 10.7. The second-order valence-electron chi connectivity index (χ2n) is 5.99. The molecule has 1 amide bonds. The van der Waals surface area contributed by atoms with Gasteiger partial charge < -0.3 is 15.0 Å². The molecule has 1 aromatic carbocycles. The average molecular weight is 337 g/mol. The van der Waals surface area contributed by atoms with E-state index in [0.717, 1.165) is 38.5 Å². The lowest BCUT2D eigenvalue weighted by atomic mass is 9.97. The molecule has 1 fully saturated rings. The quantitative estimate of drug-likeness (QED) is 0.704. The van der Waals surface area contributed by atoms with Crippen LogP contribution in [-0.2, 0) is 9.53 Å². The van der Waals surface area contributed by atoms with E-state index in [0.29, 0.717) is 12.3 Å². The largest absolute Gasteiger partial charge is 0.383 e. The van der Waals surface area contributed by atoms with Crippen LogP contribution in [0.5, 0.6) is 0 Å². The van der Waals surface area contributed by atoms with Gasteiger partial charge in [-0.2, -0.15) is 0 Å². The monoisotopic (exact) mass is 336 g/mol. The van der Waals surface area contributed by atoms with Crippen molar-refractivity contribution in [1.29, 1.82) is 0 Å². The zero-order valence-electron chi connectivity index (χ0n) is 14.0. The number of ether oxygens (including phenoxy) is 1. The predicted octanol–water partition coefficient (Wildman–Crippen LogP) is 2.64. The van der Waals surface area contributed by atoms with Crippen molar-refractivity contribution in [2.45, 2.75) is 24.2 Å². The minimum Gasteiger partial charge on any atom is -0.383 e. The lowest BCUT2D eigenvalue weighted by molar-refractivity contribution is -0.120. The summed E-state index contributed by atoms with van der Waals surface area (Å²) in [7, 11) is 1.75. The molecule has 0 radical (unpaired) electrons. The molecule has 0 atom stereocenters. The van der Waals surface area contributed by atoms with Gasteiger partial charge in [0.05, 0.1) is 6.61 Å². The van der Waals surface area contributed by atoms with E-state index in [2.05, 4.69) is 22.3 Å². The Labute approximate surface area is 144 Å². The molecule has 1 saturated heterocycles. The molecule has 1 aromatic rings. The number of methoxy groups -OCH3 is 1. The summed E-state index contributed by atoms with van der Waals surface area (Å²) in [5.41, 5.74) is 0. The Morgan fingerprint density at radius 1 is 1.30 bits per heavy atom. The highest BCUT2D eigenvalue weighted by molar-refractivity contribution is 7.99. The third-order valence-electron chi connectivity index (χ3n) is 4.25. The minimum atomic E-state index is 0.176. The minimum absolute atomic E-state index is 0.176. The van der Waals surface area contributed by atoms with Crippen molar-refractivity contribution < 1.29 is 9.53 Å². The molecule has 0 aliphatic carbocycles. The molecule has 2 rings (SSSR count). The summed E-state index contributed by atoms with van der Waals surface area (Å²) < 4.78 is 5.12. The number of hydrogen-bond donors (Lipinski definition) is 1. The predicted molar refractivity (Wildman–Crippen MR) is 95.8 cm³/mol. The molecule has 23 heavy (non-hydrogen) atoms. The van der Waals surface area contributed by atoms with Gasteiger partial charge in [0.25, 0.3) is 0 Å². The molecule has 0 unspecified atom stereocenters. The molecule has 5 heteroatoms. The van der Waals surface area contributed by atoms with Gasteiger partial charge >= 0.3 is 0 Å². The van der Waals surface area contributed by atoms with Crippen LogP contribution in [0, 0.1) is 5.92 Å². The number of amides is 1. The third-order valence-corrected chi connectivity index (χ3v) is 5.26. The van der Waals surface area contributed by atoms with Crippen LogP contribution >= 0.6 is 11.8 Å². The topological polar surface area (TPSA) is 41.6 Å². The highest BCUT2D eigenvalue weighted by Crippen LogP contribution is 2.18. The van der Waals surface area contributed by atoms with E-state index >= 15 is 0 Å². The van der Waals surface area contributed by atoms with Crippen LogP contribution in [-0.4, -0.2) is 56.5 Å². The van der Waals surface area contributed by atoms with Crippen molar-refractivity contribution in [3.63, 3.8) is 0 Å². The summed E-state index contributed by atoms with van der Waals surface area (Å²) in [6.07, 6.45) is 2.93. The summed E-state index contributed by atoms with van der Waals surface area (Å²) in [6, 6.07) is 10.2. The zero-order valence-corrected chi connectivity index (χ0v) is 14.8. The van der Waals surface area contributed by atoms with Gasteiger partial charge in [0.1, 0.15) is 0 Å². The van der Waals surface area contributed by atoms with Crippen LogP contribution in [0.3, 0.4) is 0 Å². The van der Waals surface area contributed by atoms with E-state index in [-0.39, 0.29) is 5.91 Å². The second-order valence-corrected chi connectivity index (χ2v) is 7.16. The molecule has 4 nitrogen and oxygen atoms in total. The normalized spacial score (nSPS) is 16.4. The molecule has 1 heterocycles. The van der Waals surface area contributed by atoms with E-state index in [4.69, 9.17) is 4.74 Å². The number of nitrogens with zero attached hydrogens (tertiary/aromatic N) is 1. The highest BCUT2D eigenvalue weighted by Gasteiger charge is 2.19. The smallest absolute Gasteiger partial charge is 0.220 e. The molecule has 1 aliphatic heterocycles. The third kappa shape index (κ3) is 7.38. The molecular weight excluding hydrogens is 308 g/mol. The van der Waals surface area contributed by atoms with Crippen LogP contribution in [0.15, 0.2) is 35.2 Å². The van der Waals surface area contributed by atoms with Crippen molar-refractivity contribution in [3.8, 4) is 0 Å². The SMILES string of the molecule is COCCN1CCC(CNC(=O)CCSc2ccccc2)CC1. The fraction of sp³-hybridized carbons (Fsp3) is 0.611. The standard InChI is InChI=1S/C18H28N2O2S/c1-22-13-12-20-10-7-16(8-11-20)15-19-18(21)9-14-23-17-5-3-2-4-6-17/h2-6,16H,7-15H2,1H3,(H,19,21). The van der Waals surface area contributed by atoms with Crippen molar-refractivity contribution >= 4 is 17.7 Å². The Bertz CT molecular complexity index is 448. The van der Waals surface area contributed by atoms with E-state index in [9.17, 15) is 4.79 Å². The van der Waals surface area contributed by atoms with Gasteiger partial charge in [-0.1, -0.05) is 18.2 Å². The fourth-order valence-corrected chi connectivity index (χ4v) is 3.63. The first-order valence-electron chi connectivity index (χ1n) is 8.44. The molecule has 0 aromatic heterocycles. The van der Waals surface area contributed by atoms with E-state index in [1.54, 1.807) is 18.9 Å². The Kier molecular flexibility index (Phi) is 8.50. The number of benzene rings is 1. The number of thioether (sulfide) groups is 1. The summed E-state index contributed by atoms with van der Waals surface area (Å²) in [5, 5.41) is 3.10. The number of hydrogen-bond acceptors (Lipinski definition) is 4. The van der Waals surface area contributed by atoms with Gasteiger partial charge in [0.15, 0.2) is 0 Å². The van der Waals surface area contributed by atoms with E-state index < -0.39 is 0 Å². The maximum absolute atomic E-state index is 11.9. The first kappa shape index (κ1) is 18.3. The van der Waals surface area contributed by atoms with E-state index in [1.165, 1.54) is 17.7 Å². The van der Waals surface area contributed by atoms with Crippen LogP contribution in [0.4, 0.5) is 0 Å². The van der Waals surface area contributed by atoms with Gasteiger partial charge in [-0.05, 0) is 44.0 Å². The number of carbonyl (C=O) groups excluding carboxylic acids is 1. The maximum atomic E-state index is 11.9. The Balaban J connectivity index is 1.53. The lowest BCUT2D eigenvalue weighted by Crippen LogP contribution is -2.39. The molecule has 0 saturated carbocycles. The summed E-state index contributed by atoms with van der Waals surface area (Å²) in [6.45, 7) is 4.89. The van der Waals surface area contributed by atoms with Gasteiger partial charge in [-0.25, -0.2) is 0 Å². The summed E-state index contributed by atoms with van der Waals surface area (Å²) >= 11 is 1.74. The number of nitrogens with one attached hydrogen (secondary N) is 1. The number of piperidine rings is 1. The molecule has 0 spiro atoms. The van der Waals surface area contributed by atoms with Gasteiger partial charge in [-0.3, -0.25) is 4.79 Å². The van der Waals surface area contributed by atoms with Gasteiger partial charge in [0.2, 0.25) is 5.91 Å². The summed E-state index contributed by atoms with van der Waals surface area (Å²) in [5.74, 6) is 1.64. The molecule has 1 aliphatic rings. The van der Waals surface area contributed by atoms with Crippen molar-refractivity contribution in [1.82, 2.24) is 10.2 Å².